The average Bonchev–Trinajstić information content (AvgIpc) is 2.52. The van der Waals surface area contributed by atoms with Gasteiger partial charge in [-0.3, -0.25) is 0 Å². The van der Waals surface area contributed by atoms with Crippen LogP contribution in [0, 0.1) is 5.41 Å². The van der Waals surface area contributed by atoms with E-state index in [1.54, 1.807) is 30.3 Å². The van der Waals surface area contributed by atoms with Crippen molar-refractivity contribution >= 4 is 11.6 Å². The molecule has 1 heterocycles. The van der Waals surface area contributed by atoms with Crippen LogP contribution in [0.3, 0.4) is 0 Å². The Morgan fingerprint density at radius 2 is 1.75 bits per heavy atom. The maximum Gasteiger partial charge on any atom is 0.263 e. The second-order valence-electron chi connectivity index (χ2n) is 6.88. The molecule has 0 amide bonds. The zero-order valence-corrected chi connectivity index (χ0v) is 14.4. The highest BCUT2D eigenvalue weighted by atomic mass is 35.5. The van der Waals surface area contributed by atoms with Gasteiger partial charge in [-0.1, -0.05) is 54.9 Å². The van der Waals surface area contributed by atoms with Crippen molar-refractivity contribution < 1.29 is 13.9 Å². The second-order valence-corrected chi connectivity index (χ2v) is 7.31. The summed E-state index contributed by atoms with van der Waals surface area (Å²) >= 11 is 6.12. The highest BCUT2D eigenvalue weighted by molar-refractivity contribution is 6.30. The maximum absolute atomic E-state index is 12.8. The third-order valence-electron chi connectivity index (χ3n) is 4.93. The molecule has 1 saturated heterocycles. The molecule has 0 bridgehead atoms. The largest absolute Gasteiger partial charge is 0.380 e. The van der Waals surface area contributed by atoms with Crippen molar-refractivity contribution in [2.24, 2.45) is 5.41 Å². The highest BCUT2D eigenvalue weighted by Crippen LogP contribution is 2.50. The van der Waals surface area contributed by atoms with Gasteiger partial charge in [0.15, 0.2) is 0 Å². The molecule has 1 aliphatic rings. The first-order valence-corrected chi connectivity index (χ1v) is 8.20. The Kier molecular flexibility index (Phi) is 4.41. The van der Waals surface area contributed by atoms with E-state index >= 15 is 0 Å². The predicted octanol–water partition coefficient (Wildman–Crippen LogP) is 4.47. The van der Waals surface area contributed by atoms with Crippen LogP contribution in [0.2, 0.25) is 5.02 Å². The van der Waals surface area contributed by atoms with Crippen LogP contribution >= 0.6 is 11.6 Å². The summed E-state index contributed by atoms with van der Waals surface area (Å²) in [6.07, 6.45) is -2.52. The lowest BCUT2D eigenvalue weighted by Crippen LogP contribution is -2.63. The monoisotopic (exact) mass is 351 g/mol. The average molecular weight is 352 g/mol. The molecule has 0 spiro atoms. The van der Waals surface area contributed by atoms with E-state index < -0.39 is 17.4 Å². The van der Waals surface area contributed by atoms with Crippen molar-refractivity contribution in [2.45, 2.75) is 19.0 Å². The van der Waals surface area contributed by atoms with Gasteiger partial charge in [0.2, 0.25) is 0 Å². The number of rotatable bonds is 4. The molecule has 0 radical (unpaired) electrons. The number of alkyl halides is 2. The molecule has 1 N–H and O–H groups in total. The molecule has 0 aromatic heterocycles. The third-order valence-corrected chi connectivity index (χ3v) is 5.17. The van der Waals surface area contributed by atoms with Gasteiger partial charge in [0.25, 0.3) is 6.43 Å². The first kappa shape index (κ1) is 17.3. The first-order valence-electron chi connectivity index (χ1n) is 7.82. The summed E-state index contributed by atoms with van der Waals surface area (Å²) in [5.41, 5.74) is -0.507. The molecule has 1 unspecified atom stereocenters. The number of nitrogens with zero attached hydrogens (tertiary/aromatic N) is 1. The minimum absolute atomic E-state index is 0.0527. The molecular formula is C19H20ClF2NO. The molecule has 128 valence electrons. The summed E-state index contributed by atoms with van der Waals surface area (Å²) in [7, 11) is 1.99. The van der Waals surface area contributed by atoms with Crippen LogP contribution in [0.1, 0.15) is 30.0 Å². The SMILES string of the molecule is CN1CC(C)(C(O)(c2ccc(C(F)F)cc2)c2cccc(Cl)c2)C1. The molecule has 2 aromatic rings. The molecule has 5 heteroatoms. The Balaban J connectivity index is 2.12. The van der Waals surface area contributed by atoms with E-state index in [0.717, 1.165) is 0 Å². The highest BCUT2D eigenvalue weighted by Gasteiger charge is 2.55. The summed E-state index contributed by atoms with van der Waals surface area (Å²) < 4.78 is 25.7. The number of likely N-dealkylation sites (tertiary alicyclic amines) is 1. The van der Waals surface area contributed by atoms with E-state index in [1.165, 1.54) is 12.1 Å². The Morgan fingerprint density at radius 1 is 1.12 bits per heavy atom. The van der Waals surface area contributed by atoms with Gasteiger partial charge in [-0.25, -0.2) is 8.78 Å². The van der Waals surface area contributed by atoms with Crippen LogP contribution in [-0.4, -0.2) is 30.1 Å². The van der Waals surface area contributed by atoms with Crippen molar-refractivity contribution in [1.29, 1.82) is 0 Å². The van der Waals surface area contributed by atoms with Crippen molar-refractivity contribution in [3.05, 3.63) is 70.2 Å². The standard InChI is InChI=1S/C19H20ClF2NO/c1-18(11-23(2)12-18)19(24,15-4-3-5-16(20)10-15)14-8-6-13(7-9-14)17(21)22/h3-10,17,24H,11-12H2,1-2H3. The van der Waals surface area contributed by atoms with Crippen molar-refractivity contribution in [3.63, 3.8) is 0 Å². The molecule has 2 nitrogen and oxygen atoms in total. The van der Waals surface area contributed by atoms with Crippen LogP contribution < -0.4 is 0 Å². The Morgan fingerprint density at radius 3 is 2.25 bits per heavy atom. The number of halogens is 3. The van der Waals surface area contributed by atoms with Crippen LogP contribution in [0.25, 0.3) is 0 Å². The van der Waals surface area contributed by atoms with Gasteiger partial charge in [-0.15, -0.1) is 0 Å². The summed E-state index contributed by atoms with van der Waals surface area (Å²) in [4.78, 5) is 2.11. The normalized spacial score (nSPS) is 19.8. The minimum atomic E-state index is -2.52. The fourth-order valence-corrected chi connectivity index (χ4v) is 4.01. The van der Waals surface area contributed by atoms with Gasteiger partial charge >= 0.3 is 0 Å². The molecule has 24 heavy (non-hydrogen) atoms. The fraction of sp³-hybridized carbons (Fsp3) is 0.368. The van der Waals surface area contributed by atoms with Crippen molar-refractivity contribution in [1.82, 2.24) is 4.90 Å². The molecule has 0 aliphatic carbocycles. The topological polar surface area (TPSA) is 23.5 Å². The van der Waals surface area contributed by atoms with Gasteiger partial charge in [0, 0.05) is 29.1 Å². The lowest BCUT2D eigenvalue weighted by atomic mass is 9.62. The zero-order valence-electron chi connectivity index (χ0n) is 13.6. The quantitative estimate of drug-likeness (QED) is 0.878. The van der Waals surface area contributed by atoms with E-state index in [-0.39, 0.29) is 5.56 Å². The van der Waals surface area contributed by atoms with Gasteiger partial charge < -0.3 is 10.0 Å². The number of hydrogen-bond donors (Lipinski definition) is 1. The molecular weight excluding hydrogens is 332 g/mol. The van der Waals surface area contributed by atoms with Gasteiger partial charge in [-0.05, 0) is 30.3 Å². The summed E-state index contributed by atoms with van der Waals surface area (Å²) in [6.45, 7) is 3.41. The van der Waals surface area contributed by atoms with Gasteiger partial charge in [-0.2, -0.15) is 0 Å². The maximum atomic E-state index is 12.8. The predicted molar refractivity (Wildman–Crippen MR) is 91.5 cm³/mol. The Bertz CT molecular complexity index is 728. The van der Waals surface area contributed by atoms with E-state index in [4.69, 9.17) is 11.6 Å². The van der Waals surface area contributed by atoms with Gasteiger partial charge in [0.1, 0.15) is 5.60 Å². The number of hydrogen-bond acceptors (Lipinski definition) is 2. The van der Waals surface area contributed by atoms with E-state index in [0.29, 0.717) is 29.2 Å². The lowest BCUT2D eigenvalue weighted by molar-refractivity contribution is -0.127. The first-order chi connectivity index (χ1) is 11.3. The van der Waals surface area contributed by atoms with E-state index in [1.807, 2.05) is 20.0 Å². The molecule has 3 rings (SSSR count). The Labute approximate surface area is 145 Å². The van der Waals surface area contributed by atoms with Crippen molar-refractivity contribution in [2.75, 3.05) is 20.1 Å². The summed E-state index contributed by atoms with van der Waals surface area (Å²) in [6, 6.07) is 13.0. The van der Waals surface area contributed by atoms with Crippen LogP contribution in [0.15, 0.2) is 48.5 Å². The van der Waals surface area contributed by atoms with Crippen LogP contribution in [-0.2, 0) is 5.60 Å². The second kappa shape index (κ2) is 6.10. The lowest BCUT2D eigenvalue weighted by Gasteiger charge is -2.56. The minimum Gasteiger partial charge on any atom is -0.380 e. The van der Waals surface area contributed by atoms with E-state index in [2.05, 4.69) is 4.90 Å². The zero-order chi connectivity index (χ0) is 17.5. The smallest absolute Gasteiger partial charge is 0.263 e. The molecule has 1 fully saturated rings. The van der Waals surface area contributed by atoms with Crippen LogP contribution in [0.5, 0.6) is 0 Å². The van der Waals surface area contributed by atoms with Crippen LogP contribution in [0.4, 0.5) is 8.78 Å². The number of aliphatic hydroxyl groups is 1. The number of benzene rings is 2. The molecule has 2 aromatic carbocycles. The molecule has 0 saturated carbocycles. The Hall–Kier alpha value is -1.49. The van der Waals surface area contributed by atoms with E-state index in [9.17, 15) is 13.9 Å². The van der Waals surface area contributed by atoms with Crippen molar-refractivity contribution in [3.8, 4) is 0 Å². The fourth-order valence-electron chi connectivity index (χ4n) is 3.82. The molecule has 1 aliphatic heterocycles. The third kappa shape index (κ3) is 2.73. The van der Waals surface area contributed by atoms with Gasteiger partial charge in [0.05, 0.1) is 0 Å². The summed E-state index contributed by atoms with van der Waals surface area (Å²) in [5, 5.41) is 12.3. The summed E-state index contributed by atoms with van der Waals surface area (Å²) in [5.74, 6) is 0. The molecule has 1 atom stereocenters.